The number of aromatic nitrogens is 3. The summed E-state index contributed by atoms with van der Waals surface area (Å²) in [6.45, 7) is 4.16. The van der Waals surface area contributed by atoms with Gasteiger partial charge in [-0.15, -0.1) is 0 Å². The molecule has 0 aliphatic carbocycles. The monoisotopic (exact) mass is 474 g/mol. The van der Waals surface area contributed by atoms with Gasteiger partial charge in [-0.1, -0.05) is 12.1 Å². The van der Waals surface area contributed by atoms with Crippen LogP contribution in [0.1, 0.15) is 24.5 Å². The molecule has 1 aromatic carbocycles. The lowest BCUT2D eigenvalue weighted by Gasteiger charge is -2.34. The first-order valence-corrected chi connectivity index (χ1v) is 12.0. The number of pyridine rings is 1. The van der Waals surface area contributed by atoms with Crippen LogP contribution in [0.3, 0.4) is 0 Å². The zero-order chi connectivity index (χ0) is 24.2. The molecule has 1 amide bonds. The number of nitrogens with one attached hydrogen (secondary N) is 1. The summed E-state index contributed by atoms with van der Waals surface area (Å²) in [6, 6.07) is 13.0. The summed E-state index contributed by atoms with van der Waals surface area (Å²) < 4.78 is 7.63. The average Bonchev–Trinajstić information content (AvgIpc) is 3.39. The Morgan fingerprint density at radius 2 is 1.83 bits per heavy atom. The van der Waals surface area contributed by atoms with Crippen molar-refractivity contribution in [3.05, 3.63) is 70.8 Å². The number of carbonyl (C=O) groups excluding carboxylic acids is 1. The fraction of sp³-hybridized carbons (Fsp3) is 0.385. The van der Waals surface area contributed by atoms with Crippen LogP contribution in [0.5, 0.6) is 0 Å². The minimum atomic E-state index is -0.167. The fourth-order valence-corrected chi connectivity index (χ4v) is 4.64. The Labute approximate surface area is 204 Å². The van der Waals surface area contributed by atoms with Gasteiger partial charge < -0.3 is 15.0 Å². The Kier molecular flexibility index (Phi) is 6.87. The Morgan fingerprint density at radius 1 is 1.09 bits per heavy atom. The van der Waals surface area contributed by atoms with Crippen molar-refractivity contribution < 1.29 is 9.53 Å². The van der Waals surface area contributed by atoms with Gasteiger partial charge in [-0.3, -0.25) is 24.0 Å². The fourth-order valence-electron chi connectivity index (χ4n) is 4.64. The summed E-state index contributed by atoms with van der Waals surface area (Å²) >= 11 is 0. The third-order valence-electron chi connectivity index (χ3n) is 6.57. The molecule has 9 heteroatoms. The van der Waals surface area contributed by atoms with E-state index in [2.05, 4.69) is 20.1 Å². The van der Waals surface area contributed by atoms with Crippen LogP contribution in [0.2, 0.25) is 0 Å². The number of nitrogens with zero attached hydrogens (tertiary/aromatic N) is 5. The second-order valence-electron chi connectivity index (χ2n) is 9.03. The molecule has 3 aromatic rings. The van der Waals surface area contributed by atoms with Crippen molar-refractivity contribution in [2.24, 2.45) is 7.05 Å². The first-order valence-electron chi connectivity index (χ1n) is 12.0. The Morgan fingerprint density at radius 3 is 2.57 bits per heavy atom. The second-order valence-corrected chi connectivity index (χ2v) is 9.03. The molecule has 5 rings (SSSR count). The highest BCUT2D eigenvalue weighted by molar-refractivity contribution is 5.92. The van der Waals surface area contributed by atoms with E-state index in [1.165, 1.54) is 0 Å². The predicted octanol–water partition coefficient (Wildman–Crippen LogP) is 2.45. The van der Waals surface area contributed by atoms with Gasteiger partial charge in [-0.2, -0.15) is 0 Å². The highest BCUT2D eigenvalue weighted by atomic mass is 16.5. The van der Waals surface area contributed by atoms with E-state index >= 15 is 0 Å². The van der Waals surface area contributed by atoms with E-state index in [9.17, 15) is 9.59 Å². The van der Waals surface area contributed by atoms with E-state index in [-0.39, 0.29) is 17.6 Å². The number of hydrogen-bond donors (Lipinski definition) is 1. The molecule has 2 aliphatic rings. The van der Waals surface area contributed by atoms with Crippen LogP contribution in [-0.2, 0) is 16.6 Å². The largest absolute Gasteiger partial charge is 0.370 e. The quantitative estimate of drug-likeness (QED) is 0.587. The summed E-state index contributed by atoms with van der Waals surface area (Å²) in [5.41, 5.74) is 3.16. The van der Waals surface area contributed by atoms with Gasteiger partial charge in [0, 0.05) is 43.3 Å². The third-order valence-corrected chi connectivity index (χ3v) is 6.57. The topological polar surface area (TPSA) is 92.6 Å². The van der Waals surface area contributed by atoms with Gasteiger partial charge in [0.05, 0.1) is 25.4 Å². The van der Waals surface area contributed by atoms with Gasteiger partial charge in [0.1, 0.15) is 6.10 Å². The molecular formula is C26H30N6O3. The van der Waals surface area contributed by atoms with Gasteiger partial charge >= 0.3 is 0 Å². The van der Waals surface area contributed by atoms with Crippen LogP contribution in [-0.4, -0.2) is 64.7 Å². The number of morpholine rings is 1. The number of carbonyl (C=O) groups is 1. The molecule has 2 saturated heterocycles. The van der Waals surface area contributed by atoms with Gasteiger partial charge in [0.25, 0.3) is 5.56 Å². The van der Waals surface area contributed by atoms with Crippen LogP contribution in [0, 0.1) is 0 Å². The second kappa shape index (κ2) is 10.4. The van der Waals surface area contributed by atoms with Gasteiger partial charge in [-0.05, 0) is 55.8 Å². The predicted molar refractivity (Wildman–Crippen MR) is 134 cm³/mol. The molecule has 2 aliphatic heterocycles. The third kappa shape index (κ3) is 5.41. The molecule has 4 heterocycles. The van der Waals surface area contributed by atoms with E-state index in [1.807, 2.05) is 36.4 Å². The molecule has 0 bridgehead atoms. The van der Waals surface area contributed by atoms with E-state index < -0.39 is 0 Å². The Bertz CT molecular complexity index is 1220. The molecule has 0 spiro atoms. The minimum Gasteiger partial charge on any atom is -0.370 e. The number of anilines is 2. The molecule has 2 fully saturated rings. The molecule has 9 nitrogen and oxygen atoms in total. The number of likely N-dealkylation sites (tertiary alicyclic amines) is 1. The molecule has 182 valence electrons. The van der Waals surface area contributed by atoms with Crippen LogP contribution in [0.15, 0.2) is 59.7 Å². The van der Waals surface area contributed by atoms with Gasteiger partial charge in [0.2, 0.25) is 11.9 Å². The number of rotatable bonds is 6. The van der Waals surface area contributed by atoms with Crippen LogP contribution < -0.4 is 15.8 Å². The smallest absolute Gasteiger partial charge is 0.255 e. The number of benzene rings is 1. The lowest BCUT2D eigenvalue weighted by Crippen LogP contribution is -2.41. The highest BCUT2D eigenvalue weighted by Crippen LogP contribution is 2.27. The normalized spacial score (nSPS) is 18.5. The maximum Gasteiger partial charge on any atom is 0.255 e. The highest BCUT2D eigenvalue weighted by Gasteiger charge is 2.25. The van der Waals surface area contributed by atoms with E-state index in [0.29, 0.717) is 37.9 Å². The van der Waals surface area contributed by atoms with Crippen molar-refractivity contribution in [2.45, 2.75) is 18.9 Å². The zero-order valence-electron chi connectivity index (χ0n) is 19.9. The summed E-state index contributed by atoms with van der Waals surface area (Å²) in [6.07, 6.45) is 5.55. The van der Waals surface area contributed by atoms with Crippen LogP contribution >= 0.6 is 0 Å². The molecular weight excluding hydrogens is 444 g/mol. The van der Waals surface area contributed by atoms with E-state index in [0.717, 1.165) is 42.7 Å². The average molecular weight is 475 g/mol. The number of hydrogen-bond acceptors (Lipinski definition) is 7. The van der Waals surface area contributed by atoms with Gasteiger partial charge in [-0.25, -0.2) is 4.98 Å². The first kappa shape index (κ1) is 23.2. The SMILES string of the molecule is Cn1c(N2CCOC(c3ccc(NC(=O)CN4CCCC4)cc3)C2)nc(-c2ccncc2)cc1=O. The summed E-state index contributed by atoms with van der Waals surface area (Å²) in [5, 5.41) is 2.98. The van der Waals surface area contributed by atoms with Crippen molar-refractivity contribution in [3.8, 4) is 11.3 Å². The van der Waals surface area contributed by atoms with Gasteiger partial charge in [0.15, 0.2) is 0 Å². The van der Waals surface area contributed by atoms with Crippen LogP contribution in [0.4, 0.5) is 11.6 Å². The van der Waals surface area contributed by atoms with Crippen molar-refractivity contribution in [2.75, 3.05) is 49.5 Å². The minimum absolute atomic E-state index is 0.0146. The van der Waals surface area contributed by atoms with E-state index in [1.54, 1.807) is 30.1 Å². The maximum atomic E-state index is 12.7. The maximum absolute atomic E-state index is 12.7. The molecule has 1 atom stereocenters. The molecule has 2 aromatic heterocycles. The first-order chi connectivity index (χ1) is 17.1. The van der Waals surface area contributed by atoms with E-state index in [4.69, 9.17) is 9.72 Å². The van der Waals surface area contributed by atoms with Crippen LogP contribution in [0.25, 0.3) is 11.3 Å². The summed E-state index contributed by atoms with van der Waals surface area (Å²) in [4.78, 5) is 38.1. The summed E-state index contributed by atoms with van der Waals surface area (Å²) in [5.74, 6) is 0.629. The Balaban J connectivity index is 1.28. The molecule has 1 N–H and O–H groups in total. The number of ether oxygens (including phenoxy) is 1. The number of amides is 1. The van der Waals surface area contributed by atoms with Crippen molar-refractivity contribution >= 4 is 17.5 Å². The summed E-state index contributed by atoms with van der Waals surface area (Å²) in [7, 11) is 1.74. The standard InChI is InChI=1S/C26H30N6O3/c1-30-25(34)16-22(19-8-10-27-11-9-19)29-26(30)32-14-15-35-23(17-32)20-4-6-21(7-5-20)28-24(33)18-31-12-2-3-13-31/h4-11,16,23H,2-3,12-15,17-18H2,1H3,(H,28,33). The lowest BCUT2D eigenvalue weighted by atomic mass is 10.1. The Hall–Kier alpha value is -3.56. The lowest BCUT2D eigenvalue weighted by molar-refractivity contribution is -0.117. The van der Waals surface area contributed by atoms with Crippen molar-refractivity contribution in [1.29, 1.82) is 0 Å². The molecule has 0 radical (unpaired) electrons. The molecule has 0 saturated carbocycles. The molecule has 1 unspecified atom stereocenters. The molecule has 35 heavy (non-hydrogen) atoms. The van der Waals surface area contributed by atoms with Crippen molar-refractivity contribution in [3.63, 3.8) is 0 Å². The van der Waals surface area contributed by atoms with Crippen molar-refractivity contribution in [1.82, 2.24) is 19.4 Å². The zero-order valence-corrected chi connectivity index (χ0v) is 19.9.